The van der Waals surface area contributed by atoms with E-state index in [9.17, 15) is 0 Å². The quantitative estimate of drug-likeness (QED) is 0.757. The SMILES string of the molecule is CCNc1ncnc(NC(C)COCC)c1C(C)C. The van der Waals surface area contributed by atoms with Crippen LogP contribution in [0.15, 0.2) is 6.33 Å². The van der Waals surface area contributed by atoms with Crippen molar-refractivity contribution in [2.45, 2.75) is 46.6 Å². The molecular weight excluding hydrogens is 240 g/mol. The molecule has 1 unspecified atom stereocenters. The first kappa shape index (κ1) is 15.7. The Hall–Kier alpha value is -1.36. The second-order valence-corrected chi connectivity index (χ2v) is 4.87. The van der Waals surface area contributed by atoms with E-state index in [0.717, 1.165) is 30.4 Å². The van der Waals surface area contributed by atoms with Crippen molar-refractivity contribution in [1.82, 2.24) is 9.97 Å². The summed E-state index contributed by atoms with van der Waals surface area (Å²) in [7, 11) is 0. The van der Waals surface area contributed by atoms with E-state index in [1.54, 1.807) is 6.33 Å². The third-order valence-electron chi connectivity index (χ3n) is 2.76. The second-order valence-electron chi connectivity index (χ2n) is 4.87. The molecule has 5 nitrogen and oxygen atoms in total. The minimum Gasteiger partial charge on any atom is -0.380 e. The minimum absolute atomic E-state index is 0.224. The van der Waals surface area contributed by atoms with Gasteiger partial charge < -0.3 is 15.4 Å². The Balaban J connectivity index is 2.89. The van der Waals surface area contributed by atoms with E-state index in [1.807, 2.05) is 6.92 Å². The van der Waals surface area contributed by atoms with Gasteiger partial charge in [0.15, 0.2) is 0 Å². The van der Waals surface area contributed by atoms with Crippen LogP contribution in [0.3, 0.4) is 0 Å². The maximum Gasteiger partial charge on any atom is 0.135 e. The summed E-state index contributed by atoms with van der Waals surface area (Å²) in [6.45, 7) is 12.7. The first-order chi connectivity index (χ1) is 9.10. The highest BCUT2D eigenvalue weighted by Gasteiger charge is 2.15. The third kappa shape index (κ3) is 4.67. The third-order valence-corrected chi connectivity index (χ3v) is 2.76. The molecule has 1 aromatic heterocycles. The topological polar surface area (TPSA) is 59.1 Å². The van der Waals surface area contributed by atoms with Gasteiger partial charge in [-0.1, -0.05) is 13.8 Å². The van der Waals surface area contributed by atoms with E-state index in [0.29, 0.717) is 12.5 Å². The molecule has 108 valence electrons. The fourth-order valence-corrected chi connectivity index (χ4v) is 1.94. The average molecular weight is 266 g/mol. The molecule has 0 saturated heterocycles. The largest absolute Gasteiger partial charge is 0.380 e. The molecule has 0 bridgehead atoms. The van der Waals surface area contributed by atoms with Crippen molar-refractivity contribution in [1.29, 1.82) is 0 Å². The molecular formula is C14H26N4O. The lowest BCUT2D eigenvalue weighted by atomic mass is 10.0. The predicted molar refractivity (Wildman–Crippen MR) is 79.9 cm³/mol. The van der Waals surface area contributed by atoms with E-state index in [1.165, 1.54) is 0 Å². The van der Waals surface area contributed by atoms with Crippen molar-refractivity contribution in [2.75, 3.05) is 30.4 Å². The van der Waals surface area contributed by atoms with Crippen molar-refractivity contribution >= 4 is 11.6 Å². The van der Waals surface area contributed by atoms with Crippen LogP contribution in [0.25, 0.3) is 0 Å². The van der Waals surface area contributed by atoms with Crippen LogP contribution < -0.4 is 10.6 Å². The van der Waals surface area contributed by atoms with Crippen LogP contribution >= 0.6 is 0 Å². The fourth-order valence-electron chi connectivity index (χ4n) is 1.94. The molecule has 0 amide bonds. The number of rotatable bonds is 8. The molecule has 0 saturated carbocycles. The normalized spacial score (nSPS) is 12.5. The van der Waals surface area contributed by atoms with Gasteiger partial charge in [0.1, 0.15) is 18.0 Å². The first-order valence-electron chi connectivity index (χ1n) is 7.03. The van der Waals surface area contributed by atoms with Gasteiger partial charge in [0.25, 0.3) is 0 Å². The zero-order chi connectivity index (χ0) is 14.3. The number of aromatic nitrogens is 2. The average Bonchev–Trinajstić information content (AvgIpc) is 2.36. The van der Waals surface area contributed by atoms with Crippen molar-refractivity contribution in [3.05, 3.63) is 11.9 Å². The summed E-state index contributed by atoms with van der Waals surface area (Å²) in [6.07, 6.45) is 1.60. The Morgan fingerprint density at radius 1 is 1.16 bits per heavy atom. The Kier molecular flexibility index (Phi) is 6.56. The van der Waals surface area contributed by atoms with E-state index in [4.69, 9.17) is 4.74 Å². The van der Waals surface area contributed by atoms with Gasteiger partial charge >= 0.3 is 0 Å². The Labute approximate surface area is 116 Å². The molecule has 0 fully saturated rings. The number of hydrogen-bond acceptors (Lipinski definition) is 5. The summed E-state index contributed by atoms with van der Waals surface area (Å²) < 4.78 is 5.42. The van der Waals surface area contributed by atoms with Crippen LogP contribution in [-0.2, 0) is 4.74 Å². The van der Waals surface area contributed by atoms with Crippen molar-refractivity contribution < 1.29 is 4.74 Å². The molecule has 0 aliphatic rings. The van der Waals surface area contributed by atoms with Gasteiger partial charge in [0.2, 0.25) is 0 Å². The van der Waals surface area contributed by atoms with Gasteiger partial charge in [-0.05, 0) is 26.7 Å². The van der Waals surface area contributed by atoms with Crippen LogP contribution in [0.5, 0.6) is 0 Å². The lowest BCUT2D eigenvalue weighted by Crippen LogP contribution is -2.24. The first-order valence-corrected chi connectivity index (χ1v) is 7.03. The summed E-state index contributed by atoms with van der Waals surface area (Å²) in [5.41, 5.74) is 1.13. The highest BCUT2D eigenvalue weighted by atomic mass is 16.5. The van der Waals surface area contributed by atoms with Crippen LogP contribution in [0, 0.1) is 0 Å². The summed E-state index contributed by atoms with van der Waals surface area (Å²) in [6, 6.07) is 0.224. The molecule has 5 heteroatoms. The highest BCUT2D eigenvalue weighted by Crippen LogP contribution is 2.28. The van der Waals surface area contributed by atoms with Crippen molar-refractivity contribution in [3.63, 3.8) is 0 Å². The van der Waals surface area contributed by atoms with Crippen LogP contribution in [-0.4, -0.2) is 35.8 Å². The number of anilines is 2. The van der Waals surface area contributed by atoms with Crippen molar-refractivity contribution in [3.8, 4) is 0 Å². The van der Waals surface area contributed by atoms with Crippen LogP contribution in [0.4, 0.5) is 11.6 Å². The summed E-state index contributed by atoms with van der Waals surface area (Å²) >= 11 is 0. The summed E-state index contributed by atoms with van der Waals surface area (Å²) in [5.74, 6) is 2.17. The van der Waals surface area contributed by atoms with E-state index in [2.05, 4.69) is 48.3 Å². The number of ether oxygens (including phenoxy) is 1. The molecule has 1 heterocycles. The molecule has 19 heavy (non-hydrogen) atoms. The summed E-state index contributed by atoms with van der Waals surface area (Å²) in [5, 5.41) is 6.70. The molecule has 0 aliphatic heterocycles. The van der Waals surface area contributed by atoms with E-state index in [-0.39, 0.29) is 6.04 Å². The van der Waals surface area contributed by atoms with E-state index >= 15 is 0 Å². The second kappa shape index (κ2) is 7.94. The molecule has 1 aromatic rings. The Bertz CT molecular complexity index is 382. The number of nitrogens with one attached hydrogen (secondary N) is 2. The molecule has 1 atom stereocenters. The number of hydrogen-bond donors (Lipinski definition) is 2. The molecule has 2 N–H and O–H groups in total. The molecule has 1 rings (SSSR count). The molecule has 0 aliphatic carbocycles. The van der Waals surface area contributed by atoms with Crippen molar-refractivity contribution in [2.24, 2.45) is 0 Å². The lowest BCUT2D eigenvalue weighted by molar-refractivity contribution is 0.141. The fraction of sp³-hybridized carbons (Fsp3) is 0.714. The zero-order valence-corrected chi connectivity index (χ0v) is 12.7. The van der Waals surface area contributed by atoms with Crippen LogP contribution in [0.1, 0.15) is 46.1 Å². The monoisotopic (exact) mass is 266 g/mol. The van der Waals surface area contributed by atoms with Gasteiger partial charge in [-0.25, -0.2) is 9.97 Å². The highest BCUT2D eigenvalue weighted by molar-refractivity contribution is 5.59. The molecule has 0 radical (unpaired) electrons. The van der Waals surface area contributed by atoms with Crippen LogP contribution in [0.2, 0.25) is 0 Å². The standard InChI is InChI=1S/C14H26N4O/c1-6-15-13-12(10(3)4)14(17-9-16-13)18-11(5)8-19-7-2/h9-11H,6-8H2,1-5H3,(H2,15,16,17,18). The summed E-state index contributed by atoms with van der Waals surface area (Å²) in [4.78, 5) is 8.70. The lowest BCUT2D eigenvalue weighted by Gasteiger charge is -2.20. The predicted octanol–water partition coefficient (Wildman–Crippen LogP) is 2.87. The number of nitrogens with zero attached hydrogens (tertiary/aromatic N) is 2. The molecule has 0 spiro atoms. The minimum atomic E-state index is 0.224. The Morgan fingerprint density at radius 2 is 1.84 bits per heavy atom. The van der Waals surface area contributed by atoms with Gasteiger partial charge in [0.05, 0.1) is 6.61 Å². The Morgan fingerprint density at radius 3 is 2.42 bits per heavy atom. The smallest absolute Gasteiger partial charge is 0.135 e. The maximum absolute atomic E-state index is 5.42. The van der Waals surface area contributed by atoms with Gasteiger partial charge in [0, 0.05) is 24.8 Å². The van der Waals surface area contributed by atoms with Gasteiger partial charge in [-0.15, -0.1) is 0 Å². The van der Waals surface area contributed by atoms with E-state index < -0.39 is 0 Å². The van der Waals surface area contributed by atoms with Gasteiger partial charge in [-0.2, -0.15) is 0 Å². The molecule has 0 aromatic carbocycles. The van der Waals surface area contributed by atoms with Gasteiger partial charge in [-0.3, -0.25) is 0 Å². The maximum atomic E-state index is 5.42. The zero-order valence-electron chi connectivity index (χ0n) is 12.7.